The van der Waals surface area contributed by atoms with Crippen LogP contribution in [0.1, 0.15) is 32.0 Å². The Kier molecular flexibility index (Phi) is 7.87. The Morgan fingerprint density at radius 2 is 1.87 bits per heavy atom. The van der Waals surface area contributed by atoms with Crippen LogP contribution in [0, 0.1) is 0 Å². The summed E-state index contributed by atoms with van der Waals surface area (Å²) in [6.45, 7) is 5.14. The molecule has 0 spiro atoms. The zero-order valence-electron chi connectivity index (χ0n) is 16.8. The van der Waals surface area contributed by atoms with E-state index in [4.69, 9.17) is 9.47 Å². The van der Waals surface area contributed by atoms with Gasteiger partial charge in [-0.2, -0.15) is 0 Å². The van der Waals surface area contributed by atoms with E-state index in [1.165, 1.54) is 5.38 Å². The number of nitrogens with zero attached hydrogens (tertiary/aromatic N) is 2. The Bertz CT molecular complexity index is 920. The van der Waals surface area contributed by atoms with E-state index in [1.807, 2.05) is 6.07 Å². The van der Waals surface area contributed by atoms with Crippen LogP contribution in [-0.2, 0) is 30.4 Å². The molecule has 10 nitrogen and oxygen atoms in total. The Balaban J connectivity index is 2.14. The number of rotatable bonds is 6. The molecule has 0 aliphatic carbocycles. The highest BCUT2D eigenvalue weighted by Crippen LogP contribution is 2.18. The molecule has 0 bridgehead atoms. The van der Waals surface area contributed by atoms with Gasteiger partial charge in [-0.15, -0.1) is 11.3 Å². The van der Waals surface area contributed by atoms with Gasteiger partial charge in [0, 0.05) is 5.38 Å². The summed E-state index contributed by atoms with van der Waals surface area (Å²) in [5.74, 6) is -0.878. The fourth-order valence-corrected chi connectivity index (χ4v) is 2.61. The maximum Gasteiger partial charge on any atom is 0.534 e. The van der Waals surface area contributed by atoms with Crippen LogP contribution in [0.3, 0.4) is 0 Å². The number of benzene rings is 1. The fourth-order valence-electron chi connectivity index (χ4n) is 1.93. The van der Waals surface area contributed by atoms with Crippen molar-refractivity contribution in [3.63, 3.8) is 0 Å². The van der Waals surface area contributed by atoms with Crippen LogP contribution in [0.25, 0.3) is 0 Å². The number of anilines is 1. The van der Waals surface area contributed by atoms with Crippen molar-refractivity contribution in [1.29, 1.82) is 0 Å². The first kappa shape index (κ1) is 22.8. The van der Waals surface area contributed by atoms with Crippen molar-refractivity contribution in [1.82, 2.24) is 4.98 Å². The van der Waals surface area contributed by atoms with E-state index in [2.05, 4.69) is 25.0 Å². The normalized spacial score (nSPS) is 11.4. The molecule has 0 aliphatic rings. The van der Waals surface area contributed by atoms with Gasteiger partial charge in [0.2, 0.25) is 5.71 Å². The fraction of sp³-hybridized carbons (Fsp3) is 0.316. The lowest BCUT2D eigenvalue weighted by Gasteiger charge is -2.18. The van der Waals surface area contributed by atoms with E-state index in [9.17, 15) is 14.4 Å². The highest BCUT2D eigenvalue weighted by atomic mass is 32.1. The monoisotopic (exact) mass is 435 g/mol. The van der Waals surface area contributed by atoms with Gasteiger partial charge in [-0.25, -0.2) is 19.4 Å². The zero-order valence-corrected chi connectivity index (χ0v) is 17.6. The van der Waals surface area contributed by atoms with Gasteiger partial charge in [0.25, 0.3) is 0 Å². The highest BCUT2D eigenvalue weighted by Gasteiger charge is 2.23. The smallest absolute Gasteiger partial charge is 0.456 e. The maximum absolute atomic E-state index is 12.5. The van der Waals surface area contributed by atoms with Crippen LogP contribution in [-0.4, -0.2) is 41.6 Å². The number of amides is 1. The summed E-state index contributed by atoms with van der Waals surface area (Å²) >= 11 is 1.02. The molecule has 2 rings (SSSR count). The quantitative estimate of drug-likeness (QED) is 0.239. The van der Waals surface area contributed by atoms with Crippen molar-refractivity contribution in [3.8, 4) is 0 Å². The summed E-state index contributed by atoms with van der Waals surface area (Å²) in [6.07, 6.45) is -1.83. The third-order valence-corrected chi connectivity index (χ3v) is 3.90. The van der Waals surface area contributed by atoms with Crippen molar-refractivity contribution >= 4 is 40.4 Å². The van der Waals surface area contributed by atoms with Crippen LogP contribution in [0.4, 0.5) is 14.7 Å². The van der Waals surface area contributed by atoms with E-state index in [-0.39, 0.29) is 23.1 Å². The minimum atomic E-state index is -1.12. The van der Waals surface area contributed by atoms with Gasteiger partial charge >= 0.3 is 18.2 Å². The molecule has 160 valence electrons. The van der Waals surface area contributed by atoms with Gasteiger partial charge in [0.05, 0.1) is 7.11 Å². The lowest BCUT2D eigenvalue weighted by Crippen LogP contribution is -2.27. The Morgan fingerprint density at radius 3 is 2.50 bits per heavy atom. The number of hydrogen-bond acceptors (Lipinski definition) is 10. The highest BCUT2D eigenvalue weighted by molar-refractivity contribution is 7.14. The Labute approximate surface area is 176 Å². The topological polar surface area (TPSA) is 125 Å². The van der Waals surface area contributed by atoms with Crippen LogP contribution in [0.2, 0.25) is 0 Å². The average molecular weight is 435 g/mol. The van der Waals surface area contributed by atoms with E-state index in [0.29, 0.717) is 0 Å². The van der Waals surface area contributed by atoms with Gasteiger partial charge in [0.15, 0.2) is 5.13 Å². The van der Waals surface area contributed by atoms with Crippen molar-refractivity contribution < 1.29 is 33.4 Å². The van der Waals surface area contributed by atoms with Gasteiger partial charge in [0.1, 0.15) is 17.9 Å². The molecule has 1 heterocycles. The van der Waals surface area contributed by atoms with E-state index in [1.54, 1.807) is 45.0 Å². The molecule has 0 unspecified atom stereocenters. The number of ether oxygens (including phenoxy) is 3. The predicted molar refractivity (Wildman–Crippen MR) is 108 cm³/mol. The Morgan fingerprint density at radius 1 is 1.17 bits per heavy atom. The van der Waals surface area contributed by atoms with Crippen LogP contribution < -0.4 is 5.32 Å². The lowest BCUT2D eigenvalue weighted by atomic mass is 10.2. The summed E-state index contributed by atoms with van der Waals surface area (Å²) in [7, 11) is 1.09. The summed E-state index contributed by atoms with van der Waals surface area (Å²) in [5.41, 5.74) is -0.269. The van der Waals surface area contributed by atoms with E-state index < -0.39 is 23.8 Å². The molecule has 0 fully saturated rings. The second-order valence-electron chi connectivity index (χ2n) is 6.71. The molecule has 30 heavy (non-hydrogen) atoms. The molecular weight excluding hydrogens is 414 g/mol. The molecule has 0 radical (unpaired) electrons. The summed E-state index contributed by atoms with van der Waals surface area (Å²) < 4.78 is 14.7. The second-order valence-corrected chi connectivity index (χ2v) is 7.57. The number of thiazole rings is 1. The van der Waals surface area contributed by atoms with Crippen molar-refractivity contribution in [2.75, 3.05) is 12.4 Å². The number of hydrogen-bond donors (Lipinski definition) is 1. The first-order valence-corrected chi connectivity index (χ1v) is 9.56. The molecule has 0 aliphatic heterocycles. The first-order valence-electron chi connectivity index (χ1n) is 8.68. The summed E-state index contributed by atoms with van der Waals surface area (Å²) in [6, 6.07) is 8.99. The molecule has 0 atom stereocenters. The van der Waals surface area contributed by atoms with Crippen molar-refractivity contribution in [3.05, 3.63) is 47.0 Å². The standard InChI is InChI=1S/C19H21N3O7S/c1-19(2,3)28-17(24)21-16-20-13(11-30-16)14(22-29-18(25)26-4)15(23)27-10-12-8-6-5-7-9-12/h5-9,11H,10H2,1-4H3,(H,20,21,24). The van der Waals surface area contributed by atoms with Crippen molar-refractivity contribution in [2.24, 2.45) is 5.16 Å². The number of carbonyl (C=O) groups excluding carboxylic acids is 3. The molecule has 1 N–H and O–H groups in total. The third kappa shape index (κ3) is 7.51. The molecule has 2 aromatic rings. The minimum Gasteiger partial charge on any atom is -0.456 e. The number of carbonyl (C=O) groups is 3. The molecule has 11 heteroatoms. The number of esters is 1. The minimum absolute atomic E-state index is 0.0237. The second kappa shape index (κ2) is 10.3. The molecule has 1 aromatic heterocycles. The molecule has 1 aromatic carbocycles. The first-order chi connectivity index (χ1) is 14.2. The maximum atomic E-state index is 12.5. The summed E-state index contributed by atoms with van der Waals surface area (Å²) in [5, 5.41) is 7.54. The number of oxime groups is 1. The average Bonchev–Trinajstić information content (AvgIpc) is 3.13. The number of aromatic nitrogens is 1. The van der Waals surface area contributed by atoms with Gasteiger partial charge in [-0.05, 0) is 26.3 Å². The molecular formula is C19H21N3O7S. The summed E-state index contributed by atoms with van der Waals surface area (Å²) in [4.78, 5) is 44.2. The molecule has 1 amide bonds. The van der Waals surface area contributed by atoms with Crippen LogP contribution in [0.15, 0.2) is 40.9 Å². The lowest BCUT2D eigenvalue weighted by molar-refractivity contribution is -0.136. The zero-order chi connectivity index (χ0) is 22.1. The number of methoxy groups -OCH3 is 1. The molecule has 0 saturated heterocycles. The number of nitrogens with one attached hydrogen (secondary N) is 1. The van der Waals surface area contributed by atoms with Gasteiger partial charge < -0.3 is 14.2 Å². The SMILES string of the molecule is COC(=O)ON=C(C(=O)OCc1ccccc1)c1csc(NC(=O)OC(C)(C)C)n1. The van der Waals surface area contributed by atoms with E-state index >= 15 is 0 Å². The Hall–Kier alpha value is -3.47. The van der Waals surface area contributed by atoms with Crippen LogP contribution >= 0.6 is 11.3 Å². The van der Waals surface area contributed by atoms with Gasteiger partial charge in [-0.1, -0.05) is 35.5 Å². The van der Waals surface area contributed by atoms with Gasteiger partial charge in [-0.3, -0.25) is 10.2 Å². The third-order valence-electron chi connectivity index (χ3n) is 3.14. The van der Waals surface area contributed by atoms with Crippen molar-refractivity contribution in [2.45, 2.75) is 33.0 Å². The molecule has 0 saturated carbocycles. The van der Waals surface area contributed by atoms with Crippen LogP contribution in [0.5, 0.6) is 0 Å². The van der Waals surface area contributed by atoms with E-state index in [0.717, 1.165) is 24.0 Å². The predicted octanol–water partition coefficient (Wildman–Crippen LogP) is 3.72. The largest absolute Gasteiger partial charge is 0.534 e.